The second-order valence-electron chi connectivity index (χ2n) is 5.74. The van der Waals surface area contributed by atoms with Crippen LogP contribution in [0.3, 0.4) is 0 Å². The highest BCUT2D eigenvalue weighted by Gasteiger charge is 2.11. The van der Waals surface area contributed by atoms with Crippen molar-refractivity contribution in [3.05, 3.63) is 54.6 Å². The molecule has 0 bridgehead atoms. The van der Waals surface area contributed by atoms with Gasteiger partial charge in [0.05, 0.1) is 21.5 Å². The number of nitrogens with one attached hydrogen (secondary N) is 1. The summed E-state index contributed by atoms with van der Waals surface area (Å²) >= 11 is 25.0. The zero-order valence-electron chi connectivity index (χ0n) is 15.1. The molecule has 0 unspecified atom stereocenters. The van der Waals surface area contributed by atoms with Crippen LogP contribution in [0.25, 0.3) is 0 Å². The Hall–Kier alpha value is -1.11. The molecule has 1 aromatic heterocycles. The molecule has 28 heavy (non-hydrogen) atoms. The van der Waals surface area contributed by atoms with Gasteiger partial charge in [0.2, 0.25) is 0 Å². The fourth-order valence-corrected chi connectivity index (χ4v) is 3.69. The molecule has 9 heteroatoms. The summed E-state index contributed by atoms with van der Waals surface area (Å²) < 4.78 is 11.2. The van der Waals surface area contributed by atoms with Crippen molar-refractivity contribution in [2.75, 3.05) is 19.8 Å². The van der Waals surface area contributed by atoms with Crippen molar-refractivity contribution in [3.8, 4) is 11.5 Å². The number of ether oxygens (including phenoxy) is 2. The summed E-state index contributed by atoms with van der Waals surface area (Å²) in [6.45, 7) is 3.18. The van der Waals surface area contributed by atoms with Gasteiger partial charge in [-0.05, 0) is 38.0 Å². The summed E-state index contributed by atoms with van der Waals surface area (Å²) in [5.74, 6) is 0.838. The van der Waals surface area contributed by atoms with Gasteiger partial charge in [-0.25, -0.2) is 0 Å². The molecule has 0 saturated heterocycles. The van der Waals surface area contributed by atoms with Crippen molar-refractivity contribution in [1.82, 2.24) is 5.32 Å². The van der Waals surface area contributed by atoms with Crippen LogP contribution < -0.4 is 14.8 Å². The Bertz CT molecular complexity index is 811. The third-order valence-corrected chi connectivity index (χ3v) is 5.40. The van der Waals surface area contributed by atoms with Gasteiger partial charge in [0.15, 0.2) is 5.75 Å². The first-order chi connectivity index (χ1) is 13.4. The number of hydrogen-bond acceptors (Lipinski definition) is 4. The molecule has 1 N–H and O–H groups in total. The van der Waals surface area contributed by atoms with Crippen molar-refractivity contribution in [3.63, 3.8) is 0 Å². The molecule has 1 heterocycles. The number of aryl methyl sites for hydroxylation is 1. The van der Waals surface area contributed by atoms with E-state index in [4.69, 9.17) is 55.9 Å². The summed E-state index contributed by atoms with van der Waals surface area (Å²) in [6.07, 6.45) is 3.03. The monoisotopic (exact) mass is 481 g/mol. The van der Waals surface area contributed by atoms with Crippen LogP contribution in [0.4, 0.5) is 0 Å². The molecule has 2 aromatic rings. The number of rotatable bonds is 10. The SMILES string of the molecule is Cc1ccc(C(=O)NCCCCOc2c(Cl)cc(OCC=C(Cl)Cl)cc2Cl)s1. The average molecular weight is 483 g/mol. The van der Waals surface area contributed by atoms with E-state index in [0.29, 0.717) is 34.7 Å². The van der Waals surface area contributed by atoms with E-state index in [1.807, 2.05) is 19.1 Å². The quantitative estimate of drug-likeness (QED) is 0.385. The average Bonchev–Trinajstić information content (AvgIpc) is 3.06. The predicted molar refractivity (Wildman–Crippen MR) is 118 cm³/mol. The van der Waals surface area contributed by atoms with E-state index in [1.165, 1.54) is 17.4 Å². The molecule has 0 aliphatic heterocycles. The van der Waals surface area contributed by atoms with Crippen molar-refractivity contribution in [2.45, 2.75) is 19.8 Å². The lowest BCUT2D eigenvalue weighted by Crippen LogP contribution is -2.23. The van der Waals surface area contributed by atoms with Crippen LogP contribution in [0, 0.1) is 6.92 Å². The van der Waals surface area contributed by atoms with Gasteiger partial charge in [0.25, 0.3) is 5.91 Å². The third kappa shape index (κ3) is 7.72. The lowest BCUT2D eigenvalue weighted by Gasteiger charge is -2.12. The summed E-state index contributed by atoms with van der Waals surface area (Å²) in [5.41, 5.74) is 0. The van der Waals surface area contributed by atoms with Crippen LogP contribution in [0.2, 0.25) is 10.0 Å². The van der Waals surface area contributed by atoms with Crippen LogP contribution in [0.5, 0.6) is 11.5 Å². The van der Waals surface area contributed by atoms with E-state index in [-0.39, 0.29) is 17.0 Å². The Morgan fingerprint density at radius 3 is 2.46 bits per heavy atom. The van der Waals surface area contributed by atoms with Crippen LogP contribution in [0.1, 0.15) is 27.4 Å². The Morgan fingerprint density at radius 1 is 1.14 bits per heavy atom. The molecule has 0 radical (unpaired) electrons. The fraction of sp³-hybridized carbons (Fsp3) is 0.316. The Kier molecular flexibility index (Phi) is 9.75. The molecule has 0 saturated carbocycles. The number of thiophene rings is 1. The summed E-state index contributed by atoms with van der Waals surface area (Å²) in [7, 11) is 0. The van der Waals surface area contributed by atoms with E-state index in [9.17, 15) is 4.79 Å². The van der Waals surface area contributed by atoms with Crippen LogP contribution >= 0.6 is 57.7 Å². The smallest absolute Gasteiger partial charge is 0.261 e. The first-order valence-corrected chi connectivity index (χ1v) is 10.8. The zero-order chi connectivity index (χ0) is 20.5. The van der Waals surface area contributed by atoms with Crippen LogP contribution in [-0.4, -0.2) is 25.7 Å². The van der Waals surface area contributed by atoms with E-state index in [2.05, 4.69) is 5.32 Å². The number of carbonyl (C=O) groups excluding carboxylic acids is 1. The molecule has 2 rings (SSSR count). The van der Waals surface area contributed by atoms with Gasteiger partial charge in [0.1, 0.15) is 16.8 Å². The molecular formula is C19H19Cl4NO3S. The van der Waals surface area contributed by atoms with Crippen molar-refractivity contribution < 1.29 is 14.3 Å². The molecule has 0 aliphatic carbocycles. The van der Waals surface area contributed by atoms with Crippen molar-refractivity contribution >= 4 is 63.6 Å². The maximum atomic E-state index is 11.9. The molecule has 0 fully saturated rings. The zero-order valence-corrected chi connectivity index (χ0v) is 18.9. The van der Waals surface area contributed by atoms with Gasteiger partial charge >= 0.3 is 0 Å². The van der Waals surface area contributed by atoms with Gasteiger partial charge in [-0.15, -0.1) is 11.3 Å². The first-order valence-electron chi connectivity index (χ1n) is 8.47. The minimum atomic E-state index is -0.0500. The lowest BCUT2D eigenvalue weighted by molar-refractivity contribution is 0.0956. The van der Waals surface area contributed by atoms with Gasteiger partial charge in [0, 0.05) is 23.6 Å². The molecule has 1 amide bonds. The Labute approximate surface area is 188 Å². The molecule has 0 atom stereocenters. The third-order valence-electron chi connectivity index (χ3n) is 3.53. The highest BCUT2D eigenvalue weighted by Crippen LogP contribution is 2.37. The van der Waals surface area contributed by atoms with Crippen molar-refractivity contribution in [2.24, 2.45) is 0 Å². The van der Waals surface area contributed by atoms with Crippen LogP contribution in [-0.2, 0) is 0 Å². The number of benzene rings is 1. The second-order valence-corrected chi connectivity index (χ2v) is 8.85. The minimum absolute atomic E-state index is 0.0500. The Balaban J connectivity index is 1.72. The van der Waals surface area contributed by atoms with Crippen molar-refractivity contribution in [1.29, 1.82) is 0 Å². The predicted octanol–water partition coefficient (Wildman–Crippen LogP) is 6.65. The largest absolute Gasteiger partial charge is 0.490 e. The number of halogens is 4. The van der Waals surface area contributed by atoms with E-state index >= 15 is 0 Å². The molecule has 1 aromatic carbocycles. The molecule has 4 nitrogen and oxygen atoms in total. The lowest BCUT2D eigenvalue weighted by atomic mass is 10.3. The topological polar surface area (TPSA) is 47.6 Å². The van der Waals surface area contributed by atoms with E-state index in [0.717, 1.165) is 22.6 Å². The standard InChI is InChI=1S/C19H19Cl4NO3S/c1-12-4-5-16(28-12)19(25)24-7-2-3-8-27-18-14(20)10-13(11-15(18)21)26-9-6-17(22)23/h4-6,10-11H,2-3,7-9H2,1H3,(H,24,25). The normalized spacial score (nSPS) is 10.5. The Morgan fingerprint density at radius 2 is 1.86 bits per heavy atom. The number of amides is 1. The fourth-order valence-electron chi connectivity index (χ4n) is 2.21. The number of carbonyl (C=O) groups is 1. The summed E-state index contributed by atoms with van der Waals surface area (Å²) in [4.78, 5) is 13.8. The summed E-state index contributed by atoms with van der Waals surface area (Å²) in [5, 5.41) is 3.60. The molecule has 0 spiro atoms. The van der Waals surface area contributed by atoms with Gasteiger partial charge in [-0.3, -0.25) is 4.79 Å². The van der Waals surface area contributed by atoms with Gasteiger partial charge in [-0.2, -0.15) is 0 Å². The van der Waals surface area contributed by atoms with Crippen LogP contribution in [0.15, 0.2) is 34.8 Å². The van der Waals surface area contributed by atoms with E-state index < -0.39 is 0 Å². The molecular weight excluding hydrogens is 464 g/mol. The second kappa shape index (κ2) is 11.8. The maximum absolute atomic E-state index is 11.9. The summed E-state index contributed by atoms with van der Waals surface area (Å²) in [6, 6.07) is 6.99. The highest BCUT2D eigenvalue weighted by molar-refractivity contribution is 7.13. The molecule has 0 aliphatic rings. The number of hydrogen-bond donors (Lipinski definition) is 1. The van der Waals surface area contributed by atoms with Gasteiger partial charge in [-0.1, -0.05) is 46.4 Å². The minimum Gasteiger partial charge on any atom is -0.490 e. The highest BCUT2D eigenvalue weighted by atomic mass is 35.5. The number of unbranched alkanes of at least 4 members (excludes halogenated alkanes) is 1. The molecule has 152 valence electrons. The van der Waals surface area contributed by atoms with E-state index in [1.54, 1.807) is 12.1 Å². The maximum Gasteiger partial charge on any atom is 0.261 e. The first kappa shape index (κ1) is 23.2. The van der Waals surface area contributed by atoms with Gasteiger partial charge < -0.3 is 14.8 Å².